The SMILES string of the molecule is COc1ccc(S(=O)(=O)Nc2ccc(N(C)CCc3ccncc3)cn2)cc1. The maximum Gasteiger partial charge on any atom is 0.263 e. The summed E-state index contributed by atoms with van der Waals surface area (Å²) in [5, 5.41) is 0. The summed E-state index contributed by atoms with van der Waals surface area (Å²) < 4.78 is 32.5. The van der Waals surface area contributed by atoms with E-state index in [-0.39, 0.29) is 10.7 Å². The number of ether oxygens (including phenoxy) is 1. The molecule has 146 valence electrons. The quantitative estimate of drug-likeness (QED) is 0.628. The Hall–Kier alpha value is -3.13. The second kappa shape index (κ2) is 8.71. The van der Waals surface area contributed by atoms with Crippen molar-refractivity contribution < 1.29 is 13.2 Å². The molecule has 1 N–H and O–H groups in total. The summed E-state index contributed by atoms with van der Waals surface area (Å²) in [4.78, 5) is 10.5. The molecule has 2 aromatic heterocycles. The minimum atomic E-state index is -3.71. The highest BCUT2D eigenvalue weighted by atomic mass is 32.2. The molecule has 0 atom stereocenters. The third-order valence-corrected chi connectivity index (χ3v) is 5.65. The number of aromatic nitrogens is 2. The van der Waals surface area contributed by atoms with Crippen molar-refractivity contribution in [2.75, 3.05) is 30.3 Å². The van der Waals surface area contributed by atoms with Crippen LogP contribution in [0.3, 0.4) is 0 Å². The lowest BCUT2D eigenvalue weighted by molar-refractivity contribution is 0.414. The van der Waals surface area contributed by atoms with Crippen LogP contribution in [0, 0.1) is 0 Å². The zero-order chi connectivity index (χ0) is 20.0. The average molecular weight is 398 g/mol. The Labute approximate surface area is 165 Å². The number of hydrogen-bond donors (Lipinski definition) is 1. The molecule has 3 rings (SSSR count). The number of hydrogen-bond acceptors (Lipinski definition) is 6. The number of methoxy groups -OCH3 is 1. The van der Waals surface area contributed by atoms with Gasteiger partial charge in [-0.2, -0.15) is 0 Å². The van der Waals surface area contributed by atoms with Gasteiger partial charge in [-0.15, -0.1) is 0 Å². The largest absolute Gasteiger partial charge is 0.497 e. The lowest BCUT2D eigenvalue weighted by Gasteiger charge is -2.19. The minimum Gasteiger partial charge on any atom is -0.497 e. The molecule has 0 radical (unpaired) electrons. The Balaban J connectivity index is 1.63. The van der Waals surface area contributed by atoms with Gasteiger partial charge in [0.05, 0.1) is 23.9 Å². The molecule has 7 nitrogen and oxygen atoms in total. The van der Waals surface area contributed by atoms with Crippen LogP contribution < -0.4 is 14.4 Å². The topological polar surface area (TPSA) is 84.4 Å². The predicted molar refractivity (Wildman–Crippen MR) is 109 cm³/mol. The fraction of sp³-hybridized carbons (Fsp3) is 0.200. The fourth-order valence-electron chi connectivity index (χ4n) is 2.60. The van der Waals surface area contributed by atoms with E-state index < -0.39 is 10.0 Å². The molecular formula is C20H22N4O3S. The first-order valence-corrected chi connectivity index (χ1v) is 10.2. The highest BCUT2D eigenvalue weighted by Crippen LogP contribution is 2.20. The van der Waals surface area contributed by atoms with E-state index in [4.69, 9.17) is 4.74 Å². The summed E-state index contributed by atoms with van der Waals surface area (Å²) in [7, 11) is -0.205. The van der Waals surface area contributed by atoms with Gasteiger partial charge in [-0.05, 0) is 60.5 Å². The molecule has 0 saturated heterocycles. The van der Waals surface area contributed by atoms with Crippen molar-refractivity contribution >= 4 is 21.5 Å². The van der Waals surface area contributed by atoms with Crippen LogP contribution in [0.2, 0.25) is 0 Å². The molecule has 2 heterocycles. The van der Waals surface area contributed by atoms with E-state index in [1.165, 1.54) is 24.8 Å². The zero-order valence-electron chi connectivity index (χ0n) is 15.7. The molecule has 0 unspecified atom stereocenters. The molecule has 8 heteroatoms. The van der Waals surface area contributed by atoms with Gasteiger partial charge >= 0.3 is 0 Å². The molecule has 0 aliphatic carbocycles. The molecule has 0 fully saturated rings. The third-order valence-electron chi connectivity index (χ3n) is 4.28. The van der Waals surface area contributed by atoms with Gasteiger partial charge in [0.25, 0.3) is 10.0 Å². The number of pyridine rings is 2. The first kappa shape index (κ1) is 19.6. The Morgan fingerprint density at radius 1 is 1.04 bits per heavy atom. The van der Waals surface area contributed by atoms with Gasteiger partial charge in [0, 0.05) is 26.0 Å². The van der Waals surface area contributed by atoms with Crippen LogP contribution in [-0.2, 0) is 16.4 Å². The molecule has 28 heavy (non-hydrogen) atoms. The molecule has 0 spiro atoms. The van der Waals surface area contributed by atoms with E-state index in [1.807, 2.05) is 25.2 Å². The smallest absolute Gasteiger partial charge is 0.263 e. The summed E-state index contributed by atoms with van der Waals surface area (Å²) >= 11 is 0. The maximum absolute atomic E-state index is 12.5. The normalized spacial score (nSPS) is 11.1. The van der Waals surface area contributed by atoms with Crippen molar-refractivity contribution in [2.45, 2.75) is 11.3 Å². The Morgan fingerprint density at radius 3 is 2.36 bits per heavy atom. The second-order valence-corrected chi connectivity index (χ2v) is 7.89. The number of nitrogens with zero attached hydrogens (tertiary/aromatic N) is 3. The standard InChI is InChI=1S/C20H22N4O3S/c1-24(14-11-16-9-12-21-13-10-16)17-3-8-20(22-15-17)23-28(25,26)19-6-4-18(27-2)5-7-19/h3-10,12-13,15H,11,14H2,1-2H3,(H,22,23). The summed E-state index contributed by atoms with van der Waals surface area (Å²) in [5.41, 5.74) is 2.11. The van der Waals surface area contributed by atoms with Crippen LogP contribution in [0.15, 0.2) is 72.0 Å². The number of rotatable bonds is 8. The first-order chi connectivity index (χ1) is 13.5. The lowest BCUT2D eigenvalue weighted by Crippen LogP contribution is -2.20. The van der Waals surface area contributed by atoms with Gasteiger partial charge in [0.15, 0.2) is 0 Å². The second-order valence-electron chi connectivity index (χ2n) is 6.21. The monoisotopic (exact) mass is 398 g/mol. The van der Waals surface area contributed by atoms with E-state index in [9.17, 15) is 8.42 Å². The van der Waals surface area contributed by atoms with Gasteiger partial charge in [0.1, 0.15) is 11.6 Å². The van der Waals surface area contributed by atoms with Gasteiger partial charge in [-0.1, -0.05) is 0 Å². The van der Waals surface area contributed by atoms with E-state index >= 15 is 0 Å². The maximum atomic E-state index is 12.5. The average Bonchev–Trinajstić information content (AvgIpc) is 2.73. The molecule has 0 aliphatic heterocycles. The molecular weight excluding hydrogens is 376 g/mol. The first-order valence-electron chi connectivity index (χ1n) is 8.71. The molecule has 0 amide bonds. The number of sulfonamides is 1. The number of anilines is 2. The van der Waals surface area contributed by atoms with Crippen LogP contribution in [0.5, 0.6) is 5.75 Å². The molecule has 0 aliphatic rings. The predicted octanol–water partition coefficient (Wildman–Crippen LogP) is 2.96. The fourth-order valence-corrected chi connectivity index (χ4v) is 3.61. The third kappa shape index (κ3) is 4.98. The van der Waals surface area contributed by atoms with Crippen molar-refractivity contribution in [1.29, 1.82) is 0 Å². The van der Waals surface area contributed by atoms with Crippen molar-refractivity contribution in [1.82, 2.24) is 9.97 Å². The van der Waals surface area contributed by atoms with E-state index in [0.717, 1.165) is 18.7 Å². The van der Waals surface area contributed by atoms with Crippen LogP contribution >= 0.6 is 0 Å². The zero-order valence-corrected chi connectivity index (χ0v) is 16.6. The Kier molecular flexibility index (Phi) is 6.10. The van der Waals surface area contributed by atoms with Crippen LogP contribution in [0.25, 0.3) is 0 Å². The van der Waals surface area contributed by atoms with Crippen LogP contribution in [0.1, 0.15) is 5.56 Å². The molecule has 3 aromatic rings. The van der Waals surface area contributed by atoms with Gasteiger partial charge in [-0.25, -0.2) is 13.4 Å². The molecule has 0 bridgehead atoms. The highest BCUT2D eigenvalue weighted by molar-refractivity contribution is 7.92. The number of nitrogens with one attached hydrogen (secondary N) is 1. The van der Waals surface area contributed by atoms with Crippen molar-refractivity contribution in [3.05, 3.63) is 72.7 Å². The van der Waals surface area contributed by atoms with Crippen LogP contribution in [-0.4, -0.2) is 39.1 Å². The van der Waals surface area contributed by atoms with Gasteiger partial charge in [0.2, 0.25) is 0 Å². The summed E-state index contributed by atoms with van der Waals surface area (Å²) in [5.74, 6) is 0.860. The Bertz CT molecular complexity index is 992. The van der Waals surface area contributed by atoms with Gasteiger partial charge in [-0.3, -0.25) is 9.71 Å². The van der Waals surface area contributed by atoms with Crippen molar-refractivity contribution in [2.24, 2.45) is 0 Å². The van der Waals surface area contributed by atoms with E-state index in [0.29, 0.717) is 5.75 Å². The van der Waals surface area contributed by atoms with Crippen molar-refractivity contribution in [3.8, 4) is 5.75 Å². The summed E-state index contributed by atoms with van der Waals surface area (Å²) in [6.45, 7) is 0.808. The molecule has 1 aromatic carbocycles. The van der Waals surface area contributed by atoms with E-state index in [1.54, 1.807) is 36.8 Å². The summed E-state index contributed by atoms with van der Waals surface area (Å²) in [6, 6.07) is 13.6. The highest BCUT2D eigenvalue weighted by Gasteiger charge is 2.15. The van der Waals surface area contributed by atoms with Crippen LogP contribution in [0.4, 0.5) is 11.5 Å². The minimum absolute atomic E-state index is 0.147. The van der Waals surface area contributed by atoms with Gasteiger partial charge < -0.3 is 9.64 Å². The van der Waals surface area contributed by atoms with Crippen molar-refractivity contribution in [3.63, 3.8) is 0 Å². The molecule has 0 saturated carbocycles. The number of benzene rings is 1. The lowest BCUT2D eigenvalue weighted by atomic mass is 10.2. The Morgan fingerprint density at radius 2 is 1.75 bits per heavy atom. The number of likely N-dealkylation sites (N-methyl/N-ethyl adjacent to an activating group) is 1. The summed E-state index contributed by atoms with van der Waals surface area (Å²) in [6.07, 6.45) is 6.09. The van der Waals surface area contributed by atoms with E-state index in [2.05, 4.69) is 19.6 Å².